The first-order valence-corrected chi connectivity index (χ1v) is 5.94. The van der Waals surface area contributed by atoms with E-state index < -0.39 is 0 Å². The lowest BCUT2D eigenvalue weighted by atomic mass is 10.2. The third-order valence-electron chi connectivity index (χ3n) is 2.67. The molecule has 0 spiro atoms. The number of nitrogens with one attached hydrogen (secondary N) is 2. The summed E-state index contributed by atoms with van der Waals surface area (Å²) < 4.78 is 1.24. The molecule has 0 fully saturated rings. The highest BCUT2D eigenvalue weighted by Crippen LogP contribution is 2.15. The van der Waals surface area contributed by atoms with Crippen molar-refractivity contribution >= 4 is 29.3 Å². The van der Waals surface area contributed by atoms with Gasteiger partial charge >= 0.3 is 0 Å². The van der Waals surface area contributed by atoms with E-state index in [4.69, 9.17) is 12.2 Å². The van der Waals surface area contributed by atoms with E-state index >= 15 is 0 Å². The number of rotatable bonds is 2. The Hall–Kier alpha value is -2.54. The van der Waals surface area contributed by atoms with Crippen molar-refractivity contribution in [1.82, 2.24) is 19.9 Å². The van der Waals surface area contributed by atoms with Crippen molar-refractivity contribution in [2.75, 3.05) is 0 Å². The van der Waals surface area contributed by atoms with E-state index in [0.29, 0.717) is 0 Å². The molecule has 0 aliphatic heterocycles. The number of hydrogen-bond donors (Lipinski definition) is 2. The van der Waals surface area contributed by atoms with Crippen LogP contribution in [0, 0.1) is 4.77 Å². The van der Waals surface area contributed by atoms with Crippen LogP contribution in [0.1, 0.15) is 5.56 Å². The Labute approximate surface area is 112 Å². The van der Waals surface area contributed by atoms with Crippen LogP contribution in [-0.2, 0) is 0 Å². The Kier molecular flexibility index (Phi) is 2.81. The summed E-state index contributed by atoms with van der Waals surface area (Å²) in [6, 6.07) is 7.84. The number of H-pyrrole nitrogens is 2. The van der Waals surface area contributed by atoms with E-state index in [1.54, 1.807) is 6.21 Å². The monoisotopic (exact) mass is 271 g/mol. The highest BCUT2D eigenvalue weighted by atomic mass is 32.1. The van der Waals surface area contributed by atoms with E-state index in [1.165, 1.54) is 0 Å². The van der Waals surface area contributed by atoms with Gasteiger partial charge < -0.3 is 4.98 Å². The summed E-state index contributed by atoms with van der Waals surface area (Å²) in [5.41, 5.74) is 1.52. The molecule has 0 saturated carbocycles. The first kappa shape index (κ1) is 11.5. The Bertz CT molecular complexity index is 845. The summed E-state index contributed by atoms with van der Waals surface area (Å²) in [5, 5.41) is 11.2. The fraction of sp³-hybridized carbons (Fsp3) is 0. The molecule has 0 amide bonds. The number of para-hydroxylation sites is 1. The Balaban J connectivity index is 2.08. The minimum atomic E-state index is -0.375. The van der Waals surface area contributed by atoms with E-state index in [1.807, 2.05) is 30.5 Å². The van der Waals surface area contributed by atoms with Crippen LogP contribution < -0.4 is 5.56 Å². The van der Waals surface area contributed by atoms with Crippen molar-refractivity contribution < 1.29 is 0 Å². The summed E-state index contributed by atoms with van der Waals surface area (Å²) in [6.07, 6.45) is 4.54. The molecule has 3 aromatic rings. The van der Waals surface area contributed by atoms with Crippen molar-refractivity contribution in [2.45, 2.75) is 0 Å². The molecule has 0 unspecified atom stereocenters. The van der Waals surface area contributed by atoms with E-state index in [9.17, 15) is 4.79 Å². The molecular formula is C12H9N5OS. The van der Waals surface area contributed by atoms with Gasteiger partial charge in [-0.15, -0.1) is 0 Å². The van der Waals surface area contributed by atoms with Crippen molar-refractivity contribution in [1.29, 1.82) is 0 Å². The zero-order valence-electron chi connectivity index (χ0n) is 9.70. The number of nitrogens with zero attached hydrogens (tertiary/aromatic N) is 3. The molecule has 0 atom stereocenters. The van der Waals surface area contributed by atoms with Gasteiger partial charge in [0.1, 0.15) is 6.20 Å². The molecule has 2 N–H and O–H groups in total. The van der Waals surface area contributed by atoms with Gasteiger partial charge in [0.05, 0.1) is 6.21 Å². The largest absolute Gasteiger partial charge is 0.361 e. The normalized spacial score (nSPS) is 11.4. The van der Waals surface area contributed by atoms with Gasteiger partial charge in [-0.25, -0.2) is 0 Å². The zero-order valence-corrected chi connectivity index (χ0v) is 10.5. The van der Waals surface area contributed by atoms with Crippen molar-refractivity contribution in [2.24, 2.45) is 5.10 Å². The number of benzene rings is 1. The molecule has 6 nitrogen and oxygen atoms in total. The number of fused-ring (bicyclic) bond motifs is 1. The van der Waals surface area contributed by atoms with Crippen LogP contribution in [0.5, 0.6) is 0 Å². The SMILES string of the molecule is O=c1cn[nH]c(=S)n1/N=C/c1c[nH]c2ccccc12. The number of aromatic nitrogens is 4. The first-order valence-electron chi connectivity index (χ1n) is 5.53. The van der Waals surface area contributed by atoms with Crippen molar-refractivity contribution in [3.05, 3.63) is 57.3 Å². The zero-order chi connectivity index (χ0) is 13.2. The van der Waals surface area contributed by atoms with Crippen molar-refractivity contribution in [3.8, 4) is 0 Å². The molecule has 1 aromatic carbocycles. The quantitative estimate of drug-likeness (QED) is 0.549. The summed E-state index contributed by atoms with van der Waals surface area (Å²) in [6.45, 7) is 0. The van der Waals surface area contributed by atoms with E-state index in [0.717, 1.165) is 27.3 Å². The first-order chi connectivity index (χ1) is 9.25. The predicted octanol–water partition coefficient (Wildman–Crippen LogP) is 1.66. The Morgan fingerprint density at radius 2 is 2.21 bits per heavy atom. The second kappa shape index (κ2) is 4.62. The number of aromatic amines is 2. The van der Waals surface area contributed by atoms with Gasteiger partial charge in [-0.3, -0.25) is 9.89 Å². The second-order valence-electron chi connectivity index (χ2n) is 3.86. The molecular weight excluding hydrogens is 262 g/mol. The van der Waals surface area contributed by atoms with Crippen LogP contribution in [-0.4, -0.2) is 26.1 Å². The van der Waals surface area contributed by atoms with E-state index in [-0.39, 0.29) is 10.3 Å². The molecule has 0 aliphatic carbocycles. The molecule has 2 aromatic heterocycles. The van der Waals surface area contributed by atoms with Crippen LogP contribution in [0.2, 0.25) is 0 Å². The second-order valence-corrected chi connectivity index (χ2v) is 4.25. The van der Waals surface area contributed by atoms with Crippen LogP contribution in [0.4, 0.5) is 0 Å². The fourth-order valence-corrected chi connectivity index (χ4v) is 1.96. The van der Waals surface area contributed by atoms with Gasteiger partial charge in [0.2, 0.25) is 4.77 Å². The van der Waals surface area contributed by atoms with Crippen LogP contribution in [0.3, 0.4) is 0 Å². The van der Waals surface area contributed by atoms with Gasteiger partial charge in [0, 0.05) is 22.7 Å². The lowest BCUT2D eigenvalue weighted by Gasteiger charge is -1.95. The summed E-state index contributed by atoms with van der Waals surface area (Å²) >= 11 is 4.95. The fourth-order valence-electron chi connectivity index (χ4n) is 1.77. The molecule has 0 bridgehead atoms. The predicted molar refractivity (Wildman–Crippen MR) is 75.0 cm³/mol. The molecule has 2 heterocycles. The van der Waals surface area contributed by atoms with Gasteiger partial charge in [0.15, 0.2) is 0 Å². The lowest BCUT2D eigenvalue weighted by Crippen LogP contribution is -2.18. The summed E-state index contributed by atoms with van der Waals surface area (Å²) in [7, 11) is 0. The maximum Gasteiger partial charge on any atom is 0.293 e. The van der Waals surface area contributed by atoms with Gasteiger partial charge in [-0.05, 0) is 18.3 Å². The Morgan fingerprint density at radius 3 is 3.05 bits per heavy atom. The average molecular weight is 271 g/mol. The topological polar surface area (TPSA) is 78.8 Å². The van der Waals surface area contributed by atoms with Gasteiger partial charge in [-0.2, -0.15) is 14.9 Å². The molecule has 7 heteroatoms. The molecule has 19 heavy (non-hydrogen) atoms. The average Bonchev–Trinajstić information content (AvgIpc) is 2.82. The van der Waals surface area contributed by atoms with E-state index in [2.05, 4.69) is 20.3 Å². The maximum absolute atomic E-state index is 11.6. The van der Waals surface area contributed by atoms with Gasteiger partial charge in [-0.1, -0.05) is 18.2 Å². The van der Waals surface area contributed by atoms with Crippen LogP contribution >= 0.6 is 12.2 Å². The lowest BCUT2D eigenvalue weighted by molar-refractivity contribution is 0.738. The highest BCUT2D eigenvalue weighted by molar-refractivity contribution is 7.71. The third kappa shape index (κ3) is 2.11. The number of hydrogen-bond acceptors (Lipinski definition) is 4. The molecule has 3 rings (SSSR count). The smallest absolute Gasteiger partial charge is 0.293 e. The minimum Gasteiger partial charge on any atom is -0.361 e. The third-order valence-corrected chi connectivity index (χ3v) is 2.93. The van der Waals surface area contributed by atoms with Gasteiger partial charge in [0.25, 0.3) is 5.56 Å². The standard InChI is InChI=1S/C12H9N5OS/c18-11-7-14-16-12(19)17(11)15-6-8-5-13-10-4-2-1-3-9(8)10/h1-7,13H,(H,16,19)/b15-6+. The molecule has 0 aliphatic rings. The molecule has 94 valence electrons. The summed E-state index contributed by atoms with van der Waals surface area (Å²) in [5.74, 6) is 0. The summed E-state index contributed by atoms with van der Waals surface area (Å²) in [4.78, 5) is 14.7. The molecule has 0 radical (unpaired) electrons. The maximum atomic E-state index is 11.6. The Morgan fingerprint density at radius 1 is 1.37 bits per heavy atom. The van der Waals surface area contributed by atoms with Crippen LogP contribution in [0.15, 0.2) is 46.6 Å². The molecule has 0 saturated heterocycles. The highest BCUT2D eigenvalue weighted by Gasteiger charge is 2.00. The van der Waals surface area contributed by atoms with Crippen LogP contribution in [0.25, 0.3) is 10.9 Å². The minimum absolute atomic E-state index is 0.156. The van der Waals surface area contributed by atoms with Crippen molar-refractivity contribution in [3.63, 3.8) is 0 Å².